The first-order valence-corrected chi connectivity index (χ1v) is 9.43. The van der Waals surface area contributed by atoms with Crippen LogP contribution in [0, 0.1) is 0 Å². The van der Waals surface area contributed by atoms with Crippen molar-refractivity contribution in [3.05, 3.63) is 76.3 Å². The van der Waals surface area contributed by atoms with Crippen LogP contribution in [0.5, 0.6) is 0 Å². The molecule has 1 aliphatic rings. The van der Waals surface area contributed by atoms with Gasteiger partial charge in [0.1, 0.15) is 0 Å². The van der Waals surface area contributed by atoms with E-state index in [4.69, 9.17) is 0 Å². The third-order valence-corrected chi connectivity index (χ3v) is 5.38. The fourth-order valence-corrected chi connectivity index (χ4v) is 3.88. The van der Waals surface area contributed by atoms with E-state index in [1.165, 1.54) is 15.7 Å². The van der Waals surface area contributed by atoms with Gasteiger partial charge in [-0.05, 0) is 35.6 Å². The summed E-state index contributed by atoms with van der Waals surface area (Å²) in [7, 11) is 0. The Morgan fingerprint density at radius 3 is 2.81 bits per heavy atom. The second-order valence-electron chi connectivity index (χ2n) is 7.20. The van der Waals surface area contributed by atoms with Gasteiger partial charge in [0.05, 0.1) is 17.2 Å². The molecule has 0 N–H and O–H groups in total. The highest BCUT2D eigenvalue weighted by Gasteiger charge is 2.22. The Kier molecular flexibility index (Phi) is 4.75. The van der Waals surface area contributed by atoms with E-state index in [1.807, 2.05) is 23.1 Å². The topological polar surface area (TPSA) is 55.2 Å². The van der Waals surface area contributed by atoms with E-state index in [0.717, 1.165) is 19.5 Å². The first-order valence-electron chi connectivity index (χ1n) is 9.43. The summed E-state index contributed by atoms with van der Waals surface area (Å²) in [4.78, 5) is 31.6. The third-order valence-electron chi connectivity index (χ3n) is 5.38. The van der Waals surface area contributed by atoms with Crippen LogP contribution in [0.3, 0.4) is 0 Å². The highest BCUT2D eigenvalue weighted by molar-refractivity contribution is 5.77. The summed E-state index contributed by atoms with van der Waals surface area (Å²) < 4.78 is 1.54. The van der Waals surface area contributed by atoms with Crippen molar-refractivity contribution >= 4 is 16.8 Å². The van der Waals surface area contributed by atoms with Crippen LogP contribution in [-0.4, -0.2) is 33.4 Å². The van der Waals surface area contributed by atoms with Crippen LogP contribution in [0.25, 0.3) is 10.9 Å². The predicted octanol–water partition coefficient (Wildman–Crippen LogP) is 2.98. The Morgan fingerprint density at radius 2 is 1.93 bits per heavy atom. The van der Waals surface area contributed by atoms with E-state index in [-0.39, 0.29) is 11.5 Å². The quantitative estimate of drug-likeness (QED) is 0.721. The standard InChI is InChI=1S/C22H23N3O2/c1-16-14-24(12-10-17-6-2-3-7-18(16)17)21(26)11-13-25-15-23-20-9-5-4-8-19(20)22(25)27/h2-9,15-16H,10-14H2,1H3. The summed E-state index contributed by atoms with van der Waals surface area (Å²) >= 11 is 0. The van der Waals surface area contributed by atoms with E-state index in [9.17, 15) is 9.59 Å². The van der Waals surface area contributed by atoms with Crippen LogP contribution in [0.1, 0.15) is 30.4 Å². The number of para-hydroxylation sites is 1. The van der Waals surface area contributed by atoms with Crippen LogP contribution in [-0.2, 0) is 17.8 Å². The maximum absolute atomic E-state index is 12.8. The minimum atomic E-state index is -0.0926. The first kappa shape index (κ1) is 17.5. The highest BCUT2D eigenvalue weighted by atomic mass is 16.2. The lowest BCUT2D eigenvalue weighted by Gasteiger charge is -2.23. The molecule has 5 nitrogen and oxygen atoms in total. The number of benzene rings is 2. The average Bonchev–Trinajstić information content (AvgIpc) is 2.87. The highest BCUT2D eigenvalue weighted by Crippen LogP contribution is 2.25. The van der Waals surface area contributed by atoms with E-state index in [0.29, 0.717) is 29.8 Å². The van der Waals surface area contributed by atoms with Gasteiger partial charge in [0.25, 0.3) is 5.56 Å². The molecule has 5 heteroatoms. The van der Waals surface area contributed by atoms with Gasteiger partial charge in [-0.2, -0.15) is 0 Å². The van der Waals surface area contributed by atoms with Gasteiger partial charge in [-0.15, -0.1) is 0 Å². The number of nitrogens with zero attached hydrogens (tertiary/aromatic N) is 3. The van der Waals surface area contributed by atoms with Crippen molar-refractivity contribution in [2.75, 3.05) is 13.1 Å². The molecule has 1 aliphatic heterocycles. The van der Waals surface area contributed by atoms with Crippen molar-refractivity contribution in [2.45, 2.75) is 32.2 Å². The molecule has 138 valence electrons. The molecule has 27 heavy (non-hydrogen) atoms. The van der Waals surface area contributed by atoms with Gasteiger partial charge in [0.2, 0.25) is 5.91 Å². The molecule has 0 aliphatic carbocycles. The summed E-state index contributed by atoms with van der Waals surface area (Å²) in [6.07, 6.45) is 2.73. The lowest BCUT2D eigenvalue weighted by Crippen LogP contribution is -2.35. The zero-order chi connectivity index (χ0) is 18.8. The Bertz CT molecular complexity index is 1040. The predicted molar refractivity (Wildman–Crippen MR) is 106 cm³/mol. The minimum Gasteiger partial charge on any atom is -0.342 e. The molecule has 0 spiro atoms. The normalized spacial score (nSPS) is 16.8. The van der Waals surface area contributed by atoms with Crippen molar-refractivity contribution in [1.82, 2.24) is 14.5 Å². The van der Waals surface area contributed by atoms with Crippen LogP contribution < -0.4 is 5.56 Å². The molecular weight excluding hydrogens is 338 g/mol. The molecule has 2 heterocycles. The summed E-state index contributed by atoms with van der Waals surface area (Å²) in [5.74, 6) is 0.410. The minimum absolute atomic E-state index is 0.0923. The summed E-state index contributed by atoms with van der Waals surface area (Å²) in [6, 6.07) is 15.7. The molecule has 4 rings (SSSR count). The maximum Gasteiger partial charge on any atom is 0.261 e. The summed E-state index contributed by atoms with van der Waals surface area (Å²) in [5.41, 5.74) is 3.26. The fourth-order valence-electron chi connectivity index (χ4n) is 3.88. The number of hydrogen-bond acceptors (Lipinski definition) is 3. The molecular formula is C22H23N3O2. The molecule has 0 saturated heterocycles. The van der Waals surface area contributed by atoms with Crippen molar-refractivity contribution in [3.8, 4) is 0 Å². The Labute approximate surface area is 158 Å². The van der Waals surface area contributed by atoms with E-state index < -0.39 is 0 Å². The van der Waals surface area contributed by atoms with Crippen molar-refractivity contribution < 1.29 is 4.79 Å². The second-order valence-corrected chi connectivity index (χ2v) is 7.20. The molecule has 0 radical (unpaired) electrons. The Balaban J connectivity index is 1.46. The van der Waals surface area contributed by atoms with Crippen molar-refractivity contribution in [1.29, 1.82) is 0 Å². The molecule has 1 amide bonds. The van der Waals surface area contributed by atoms with Gasteiger partial charge in [-0.1, -0.05) is 43.3 Å². The molecule has 0 saturated carbocycles. The zero-order valence-electron chi connectivity index (χ0n) is 15.5. The largest absolute Gasteiger partial charge is 0.342 e. The van der Waals surface area contributed by atoms with Gasteiger partial charge in [0, 0.05) is 26.1 Å². The molecule has 2 aromatic carbocycles. The van der Waals surface area contributed by atoms with Crippen molar-refractivity contribution in [3.63, 3.8) is 0 Å². The molecule has 1 unspecified atom stereocenters. The van der Waals surface area contributed by atoms with Gasteiger partial charge in [0.15, 0.2) is 0 Å². The lowest BCUT2D eigenvalue weighted by molar-refractivity contribution is -0.131. The van der Waals surface area contributed by atoms with Crippen LogP contribution in [0.2, 0.25) is 0 Å². The smallest absolute Gasteiger partial charge is 0.261 e. The number of carbonyl (C=O) groups is 1. The monoisotopic (exact) mass is 361 g/mol. The van der Waals surface area contributed by atoms with Gasteiger partial charge < -0.3 is 4.90 Å². The van der Waals surface area contributed by atoms with Crippen LogP contribution in [0.4, 0.5) is 0 Å². The fraction of sp³-hybridized carbons (Fsp3) is 0.318. The lowest BCUT2D eigenvalue weighted by atomic mass is 9.96. The molecule has 1 atom stereocenters. The SMILES string of the molecule is CC1CN(C(=O)CCn2cnc3ccccc3c2=O)CCc2ccccc21. The molecule has 0 bridgehead atoms. The van der Waals surface area contributed by atoms with E-state index in [2.05, 4.69) is 36.2 Å². The third kappa shape index (κ3) is 3.50. The molecule has 0 fully saturated rings. The Hall–Kier alpha value is -2.95. The van der Waals surface area contributed by atoms with Crippen LogP contribution >= 0.6 is 0 Å². The van der Waals surface area contributed by atoms with Crippen molar-refractivity contribution in [2.24, 2.45) is 0 Å². The van der Waals surface area contributed by atoms with Gasteiger partial charge >= 0.3 is 0 Å². The number of fused-ring (bicyclic) bond motifs is 2. The zero-order valence-corrected chi connectivity index (χ0v) is 15.5. The number of aromatic nitrogens is 2. The summed E-state index contributed by atoms with van der Waals surface area (Å²) in [5, 5.41) is 0.589. The van der Waals surface area contributed by atoms with E-state index >= 15 is 0 Å². The number of aryl methyl sites for hydroxylation is 1. The molecule has 1 aromatic heterocycles. The molecule has 3 aromatic rings. The van der Waals surface area contributed by atoms with Gasteiger partial charge in [-0.3, -0.25) is 14.2 Å². The Morgan fingerprint density at radius 1 is 1.15 bits per heavy atom. The van der Waals surface area contributed by atoms with E-state index in [1.54, 1.807) is 12.4 Å². The number of amides is 1. The number of carbonyl (C=O) groups excluding carboxylic acids is 1. The average molecular weight is 361 g/mol. The summed E-state index contributed by atoms with van der Waals surface area (Å²) in [6.45, 7) is 3.97. The number of hydrogen-bond donors (Lipinski definition) is 0. The maximum atomic E-state index is 12.8. The second kappa shape index (κ2) is 7.35. The first-order chi connectivity index (χ1) is 13.1. The van der Waals surface area contributed by atoms with Gasteiger partial charge in [-0.25, -0.2) is 4.98 Å². The van der Waals surface area contributed by atoms with Crippen LogP contribution in [0.15, 0.2) is 59.7 Å². The number of rotatable bonds is 3.